The zero-order valence-corrected chi connectivity index (χ0v) is 19.1. The van der Waals surface area contributed by atoms with Gasteiger partial charge in [-0.1, -0.05) is 76.9 Å². The Kier molecular flexibility index (Phi) is 24.3. The predicted molar refractivity (Wildman–Crippen MR) is 117 cm³/mol. The summed E-state index contributed by atoms with van der Waals surface area (Å²) < 4.78 is 0. The molecule has 0 saturated heterocycles. The van der Waals surface area contributed by atoms with E-state index in [4.69, 9.17) is 9.90 Å². The van der Waals surface area contributed by atoms with Crippen molar-refractivity contribution in [2.45, 2.75) is 110 Å². The zero-order chi connectivity index (χ0) is 22.2. The van der Waals surface area contributed by atoms with Crippen molar-refractivity contribution in [1.29, 1.82) is 0 Å². The summed E-state index contributed by atoms with van der Waals surface area (Å²) in [5.74, 6) is -1.22. The average molecular weight is 417 g/mol. The molecular formula is C23H48N2O4. The number of nitrogens with zero attached hydrogens (tertiary/aromatic N) is 1. The Bertz CT molecular complexity index is 374. The first-order chi connectivity index (χ1) is 13.9. The number of carbonyl (C=O) groups is 1. The Balaban J connectivity index is 0. The number of rotatable bonds is 19. The largest absolute Gasteiger partial charge is 0.549 e. The van der Waals surface area contributed by atoms with Crippen LogP contribution < -0.4 is 10.8 Å². The SMILES string of the molecule is CCCCCCCC/C=C\CCCCCCCCC[N+](O)(O)CC.NCC(=O)[O-]. The van der Waals surface area contributed by atoms with E-state index in [9.17, 15) is 10.4 Å². The van der Waals surface area contributed by atoms with Gasteiger partial charge in [0.2, 0.25) is 0 Å². The number of allylic oxidation sites excluding steroid dienone is 2. The number of quaternary nitrogens is 1. The summed E-state index contributed by atoms with van der Waals surface area (Å²) in [6.07, 6.45) is 24.1. The number of carboxylic acid groups (broad SMARTS) is 1. The highest BCUT2D eigenvalue weighted by Gasteiger charge is 2.17. The molecule has 0 aliphatic carbocycles. The second-order valence-corrected chi connectivity index (χ2v) is 7.79. The molecule has 0 saturated carbocycles. The molecule has 0 aromatic carbocycles. The maximum atomic E-state index is 9.44. The lowest BCUT2D eigenvalue weighted by Gasteiger charge is -2.18. The molecule has 0 atom stereocenters. The lowest BCUT2D eigenvalue weighted by molar-refractivity contribution is -1.24. The number of hydrogen-bond donors (Lipinski definition) is 3. The van der Waals surface area contributed by atoms with E-state index >= 15 is 0 Å². The van der Waals surface area contributed by atoms with Crippen LogP contribution in [0.2, 0.25) is 0 Å². The lowest BCUT2D eigenvalue weighted by Crippen LogP contribution is -2.41. The van der Waals surface area contributed by atoms with Gasteiger partial charge in [0.25, 0.3) is 0 Å². The number of carbonyl (C=O) groups excluding carboxylic acids is 1. The Morgan fingerprint density at radius 2 is 1.17 bits per heavy atom. The molecule has 29 heavy (non-hydrogen) atoms. The third-order valence-electron chi connectivity index (χ3n) is 4.95. The lowest BCUT2D eigenvalue weighted by atomic mass is 10.1. The molecule has 174 valence electrons. The minimum atomic E-state index is -1.22. The van der Waals surface area contributed by atoms with Crippen molar-refractivity contribution in [2.75, 3.05) is 19.6 Å². The minimum Gasteiger partial charge on any atom is -0.549 e. The Labute approximate surface area is 179 Å². The highest BCUT2D eigenvalue weighted by Crippen LogP contribution is 2.11. The van der Waals surface area contributed by atoms with Crippen molar-refractivity contribution < 1.29 is 25.1 Å². The van der Waals surface area contributed by atoms with Gasteiger partial charge in [-0.3, -0.25) is 0 Å². The predicted octanol–water partition coefficient (Wildman–Crippen LogP) is 4.72. The smallest absolute Gasteiger partial charge is 0.142 e. The number of carboxylic acids is 1. The second-order valence-electron chi connectivity index (χ2n) is 7.79. The second kappa shape index (κ2) is 23.3. The van der Waals surface area contributed by atoms with Gasteiger partial charge in [-0.05, 0) is 43.8 Å². The molecule has 0 heterocycles. The zero-order valence-electron chi connectivity index (χ0n) is 19.1. The highest BCUT2D eigenvalue weighted by molar-refractivity contribution is 5.66. The fraction of sp³-hybridized carbons (Fsp3) is 0.870. The molecule has 0 fully saturated rings. The van der Waals surface area contributed by atoms with E-state index in [0.29, 0.717) is 13.1 Å². The molecule has 0 aromatic rings. The van der Waals surface area contributed by atoms with Crippen LogP contribution >= 0.6 is 0 Å². The van der Waals surface area contributed by atoms with Crippen LogP contribution in [0.3, 0.4) is 0 Å². The van der Waals surface area contributed by atoms with E-state index in [1.165, 1.54) is 83.5 Å². The average Bonchev–Trinajstić information content (AvgIpc) is 2.70. The molecule has 0 aliphatic rings. The molecule has 6 nitrogen and oxygen atoms in total. The fourth-order valence-corrected chi connectivity index (χ4v) is 2.95. The summed E-state index contributed by atoms with van der Waals surface area (Å²) in [7, 11) is 0. The van der Waals surface area contributed by atoms with Crippen LogP contribution in [0.1, 0.15) is 110 Å². The number of hydrogen-bond acceptors (Lipinski definition) is 5. The minimum absolute atomic E-state index is 0.367. The molecule has 0 radical (unpaired) electrons. The Hall–Kier alpha value is -0.950. The highest BCUT2D eigenvalue weighted by atomic mass is 16.8. The van der Waals surface area contributed by atoms with Gasteiger partial charge in [0, 0.05) is 13.0 Å². The Morgan fingerprint density at radius 3 is 1.55 bits per heavy atom. The van der Waals surface area contributed by atoms with Crippen LogP contribution in [-0.2, 0) is 4.79 Å². The van der Waals surface area contributed by atoms with Crippen molar-refractivity contribution in [3.05, 3.63) is 12.2 Å². The summed E-state index contributed by atoms with van der Waals surface area (Å²) in [5, 5.41) is 28.0. The van der Waals surface area contributed by atoms with Gasteiger partial charge < -0.3 is 15.6 Å². The van der Waals surface area contributed by atoms with E-state index < -0.39 is 10.8 Å². The molecule has 0 unspecified atom stereocenters. The van der Waals surface area contributed by atoms with E-state index in [1.807, 2.05) is 0 Å². The molecular weight excluding hydrogens is 368 g/mol. The third kappa shape index (κ3) is 29.3. The fourth-order valence-electron chi connectivity index (χ4n) is 2.95. The molecule has 0 spiro atoms. The summed E-state index contributed by atoms with van der Waals surface area (Å²) >= 11 is 0. The van der Waals surface area contributed by atoms with Gasteiger partial charge in [0.1, 0.15) is 13.1 Å². The maximum Gasteiger partial charge on any atom is 0.142 e. The van der Waals surface area contributed by atoms with Crippen molar-refractivity contribution >= 4 is 5.97 Å². The molecule has 0 aliphatic heterocycles. The molecule has 0 rings (SSSR count). The van der Waals surface area contributed by atoms with Gasteiger partial charge in [0.05, 0.1) is 5.97 Å². The topological polar surface area (TPSA) is 107 Å². The molecule has 0 aromatic heterocycles. The number of nitrogens with two attached hydrogens (primary N) is 1. The van der Waals surface area contributed by atoms with Crippen molar-refractivity contribution in [1.82, 2.24) is 0 Å². The van der Waals surface area contributed by atoms with Gasteiger partial charge in [-0.25, -0.2) is 0 Å². The van der Waals surface area contributed by atoms with Crippen LogP contribution in [0, 0.1) is 0 Å². The van der Waals surface area contributed by atoms with Crippen molar-refractivity contribution in [3.63, 3.8) is 0 Å². The normalized spacial score (nSPS) is 11.5. The molecule has 4 N–H and O–H groups in total. The van der Waals surface area contributed by atoms with Crippen LogP contribution in [0.25, 0.3) is 0 Å². The van der Waals surface area contributed by atoms with Crippen molar-refractivity contribution in [2.24, 2.45) is 5.73 Å². The van der Waals surface area contributed by atoms with E-state index in [0.717, 1.165) is 12.8 Å². The van der Waals surface area contributed by atoms with Crippen LogP contribution in [0.4, 0.5) is 0 Å². The summed E-state index contributed by atoms with van der Waals surface area (Å²) in [6, 6.07) is 0. The molecule has 0 amide bonds. The first-order valence-electron chi connectivity index (χ1n) is 11.8. The monoisotopic (exact) mass is 416 g/mol. The van der Waals surface area contributed by atoms with Gasteiger partial charge in [-0.15, -0.1) is 0 Å². The first kappa shape index (κ1) is 30.2. The van der Waals surface area contributed by atoms with E-state index in [1.54, 1.807) is 6.92 Å². The third-order valence-corrected chi connectivity index (χ3v) is 4.95. The van der Waals surface area contributed by atoms with Gasteiger partial charge >= 0.3 is 0 Å². The standard InChI is InChI=1S/C21H44NO2.C2H5NO2/c1-3-5-6-7-8-9-10-11-12-13-14-15-16-17-18-19-20-21-22(23,24)4-2;3-1-2(4)5/h11-12,23-24H,3-10,13-21H2,1-2H3;1,3H2,(H,4,5)/q+1;/p-1/b12-11-;. The van der Waals surface area contributed by atoms with Crippen LogP contribution in [-0.4, -0.2) is 40.8 Å². The van der Waals surface area contributed by atoms with Gasteiger partial charge in [0.15, 0.2) is 0 Å². The molecule has 6 heteroatoms. The summed E-state index contributed by atoms with van der Waals surface area (Å²) in [5.41, 5.74) is 4.51. The van der Waals surface area contributed by atoms with Crippen LogP contribution in [0.5, 0.6) is 0 Å². The maximum absolute atomic E-state index is 9.44. The summed E-state index contributed by atoms with van der Waals surface area (Å²) in [6.45, 7) is 4.50. The van der Waals surface area contributed by atoms with Gasteiger partial charge in [-0.2, -0.15) is 10.4 Å². The quantitative estimate of drug-likeness (QED) is 0.122. The number of aliphatic carboxylic acids is 1. The number of unbranched alkanes of at least 4 members (excludes halogenated alkanes) is 13. The van der Waals surface area contributed by atoms with E-state index in [2.05, 4.69) is 24.8 Å². The Morgan fingerprint density at radius 1 is 0.793 bits per heavy atom. The summed E-state index contributed by atoms with van der Waals surface area (Å²) in [4.78, 5) is 8.32. The number of hydroxylamine groups is 4. The molecule has 0 bridgehead atoms. The van der Waals surface area contributed by atoms with Crippen LogP contribution in [0.15, 0.2) is 12.2 Å². The first-order valence-corrected chi connectivity index (χ1v) is 11.8. The van der Waals surface area contributed by atoms with E-state index in [-0.39, 0.29) is 6.54 Å². The van der Waals surface area contributed by atoms with Crippen molar-refractivity contribution in [3.8, 4) is 0 Å².